The Balaban J connectivity index is 1.75. The van der Waals surface area contributed by atoms with Crippen LogP contribution in [0.25, 0.3) is 0 Å². The zero-order valence-corrected chi connectivity index (χ0v) is 17.5. The third kappa shape index (κ3) is 6.53. The molecule has 0 unspecified atom stereocenters. The number of para-hydroxylation sites is 4. The number of hydrogen-bond donors (Lipinski definition) is 4. The van der Waals surface area contributed by atoms with Gasteiger partial charge in [0.1, 0.15) is 0 Å². The van der Waals surface area contributed by atoms with Gasteiger partial charge in [-0.1, -0.05) is 24.3 Å². The van der Waals surface area contributed by atoms with Gasteiger partial charge >= 0.3 is 0 Å². The van der Waals surface area contributed by atoms with Gasteiger partial charge in [0.15, 0.2) is 0 Å². The van der Waals surface area contributed by atoms with Crippen molar-refractivity contribution in [3.63, 3.8) is 0 Å². The molecule has 1 aliphatic heterocycles. The topological polar surface area (TPSA) is 116 Å². The lowest BCUT2D eigenvalue weighted by atomic mass is 10.2. The van der Waals surface area contributed by atoms with Crippen LogP contribution in [0.5, 0.6) is 0 Å². The fraction of sp³-hybridized carbons (Fsp3) is 0.200. The highest BCUT2D eigenvalue weighted by Crippen LogP contribution is 2.23. The summed E-state index contributed by atoms with van der Waals surface area (Å²) < 4.78 is 0. The number of carbonyl (C=O) groups is 4. The second-order valence-electron chi connectivity index (χ2n) is 6.27. The van der Waals surface area contributed by atoms with Crippen LogP contribution in [-0.4, -0.2) is 46.6 Å². The van der Waals surface area contributed by atoms with Crippen molar-refractivity contribution in [2.24, 2.45) is 0 Å². The molecule has 0 radical (unpaired) electrons. The van der Waals surface area contributed by atoms with Crippen molar-refractivity contribution in [2.75, 3.05) is 44.3 Å². The maximum Gasteiger partial charge on any atom is 0.234 e. The van der Waals surface area contributed by atoms with E-state index in [1.54, 1.807) is 48.5 Å². The first-order chi connectivity index (χ1) is 14.5. The fourth-order valence-corrected chi connectivity index (χ4v) is 3.85. The molecule has 10 heteroatoms. The average Bonchev–Trinajstić information content (AvgIpc) is 2.70. The van der Waals surface area contributed by atoms with Gasteiger partial charge in [0.05, 0.1) is 45.8 Å². The van der Waals surface area contributed by atoms with E-state index in [0.717, 1.165) is 23.5 Å². The Morgan fingerprint density at radius 3 is 0.933 bits per heavy atom. The van der Waals surface area contributed by atoms with Crippen LogP contribution in [0, 0.1) is 0 Å². The maximum absolute atomic E-state index is 12.2. The summed E-state index contributed by atoms with van der Waals surface area (Å²) in [6.45, 7) is 0. The predicted octanol–water partition coefficient (Wildman–Crippen LogP) is 2.62. The molecule has 2 aromatic rings. The Labute approximate surface area is 181 Å². The smallest absolute Gasteiger partial charge is 0.234 e. The van der Waals surface area contributed by atoms with E-state index in [9.17, 15) is 19.2 Å². The van der Waals surface area contributed by atoms with E-state index in [2.05, 4.69) is 21.3 Å². The molecule has 1 heterocycles. The SMILES string of the molecule is O=C1CSCC(=O)Nc2ccccc2NC(=O)CSCC(=O)Nc2ccccc2N1. The van der Waals surface area contributed by atoms with Crippen LogP contribution in [0.4, 0.5) is 22.7 Å². The van der Waals surface area contributed by atoms with E-state index in [0.29, 0.717) is 22.7 Å². The fourth-order valence-electron chi connectivity index (χ4n) is 2.62. The van der Waals surface area contributed by atoms with E-state index in [4.69, 9.17) is 0 Å². The third-order valence-electron chi connectivity index (χ3n) is 3.88. The van der Waals surface area contributed by atoms with Crippen LogP contribution in [0.3, 0.4) is 0 Å². The Morgan fingerprint density at radius 1 is 0.467 bits per heavy atom. The number of carbonyl (C=O) groups excluding carboxylic acids is 4. The Kier molecular flexibility index (Phi) is 7.75. The minimum atomic E-state index is -0.280. The van der Waals surface area contributed by atoms with E-state index >= 15 is 0 Å². The van der Waals surface area contributed by atoms with Crippen LogP contribution in [0.2, 0.25) is 0 Å². The zero-order chi connectivity index (χ0) is 21.3. The Hall–Kier alpha value is -2.98. The van der Waals surface area contributed by atoms with Gasteiger partial charge in [-0.25, -0.2) is 0 Å². The largest absolute Gasteiger partial charge is 0.324 e. The molecular formula is C20H20N4O4S2. The van der Waals surface area contributed by atoms with Gasteiger partial charge < -0.3 is 21.3 Å². The third-order valence-corrected chi connectivity index (χ3v) is 5.75. The molecular weight excluding hydrogens is 424 g/mol. The molecule has 30 heavy (non-hydrogen) atoms. The van der Waals surface area contributed by atoms with Crippen molar-refractivity contribution >= 4 is 69.9 Å². The lowest BCUT2D eigenvalue weighted by Gasteiger charge is -2.14. The standard InChI is InChI=1S/C20H20N4O4S2/c25-17-9-29-11-19(27)23-15-7-3-4-8-16(15)24-20(28)12-30-10-18(26)22-14-6-2-1-5-13(14)21-17/h1-8H,9-12H2,(H,21,25)(H,22,26)(H,23,27)(H,24,28). The van der Waals surface area contributed by atoms with Gasteiger partial charge in [-0.15, -0.1) is 23.5 Å². The van der Waals surface area contributed by atoms with Crippen molar-refractivity contribution in [3.05, 3.63) is 48.5 Å². The number of thioether (sulfide) groups is 2. The Morgan fingerprint density at radius 2 is 0.700 bits per heavy atom. The first-order valence-electron chi connectivity index (χ1n) is 9.04. The number of hydrogen-bond acceptors (Lipinski definition) is 6. The Bertz CT molecular complexity index is 816. The summed E-state index contributed by atoms with van der Waals surface area (Å²) in [5, 5.41) is 11.0. The summed E-state index contributed by atoms with van der Waals surface area (Å²) in [7, 11) is 0. The molecule has 3 rings (SSSR count). The molecule has 0 bridgehead atoms. The highest BCUT2D eigenvalue weighted by molar-refractivity contribution is 8.00. The lowest BCUT2D eigenvalue weighted by molar-refractivity contribution is -0.115. The first-order valence-corrected chi connectivity index (χ1v) is 11.3. The average molecular weight is 445 g/mol. The first kappa shape index (κ1) is 21.7. The molecule has 0 aliphatic carbocycles. The van der Waals surface area contributed by atoms with Gasteiger partial charge in [-0.05, 0) is 24.3 Å². The zero-order valence-electron chi connectivity index (χ0n) is 15.9. The van der Waals surface area contributed by atoms with E-state index in [-0.39, 0.29) is 46.6 Å². The van der Waals surface area contributed by atoms with Gasteiger partial charge in [0.25, 0.3) is 0 Å². The summed E-state index contributed by atoms with van der Waals surface area (Å²) in [5.74, 6) is -0.826. The van der Waals surface area contributed by atoms with Crippen molar-refractivity contribution in [3.8, 4) is 0 Å². The number of nitrogens with one attached hydrogen (secondary N) is 4. The minimum absolute atomic E-state index is 0.0733. The quantitative estimate of drug-likeness (QED) is 0.496. The second kappa shape index (κ2) is 10.7. The molecule has 0 saturated heterocycles. The number of amides is 4. The molecule has 0 atom stereocenters. The van der Waals surface area contributed by atoms with E-state index in [1.807, 2.05) is 0 Å². The number of rotatable bonds is 0. The van der Waals surface area contributed by atoms with Crippen molar-refractivity contribution in [1.82, 2.24) is 0 Å². The monoisotopic (exact) mass is 444 g/mol. The van der Waals surface area contributed by atoms with Crippen LogP contribution in [0.1, 0.15) is 0 Å². The summed E-state index contributed by atoms with van der Waals surface area (Å²) >= 11 is 2.32. The van der Waals surface area contributed by atoms with E-state index < -0.39 is 0 Å². The molecule has 8 nitrogen and oxygen atoms in total. The number of anilines is 4. The minimum Gasteiger partial charge on any atom is -0.324 e. The van der Waals surface area contributed by atoms with Crippen LogP contribution in [-0.2, 0) is 19.2 Å². The number of benzene rings is 2. The summed E-state index contributed by atoms with van der Waals surface area (Å²) in [6.07, 6.45) is 0. The van der Waals surface area contributed by atoms with Crippen molar-refractivity contribution < 1.29 is 19.2 Å². The highest BCUT2D eigenvalue weighted by atomic mass is 32.2. The lowest BCUT2D eigenvalue weighted by Crippen LogP contribution is -2.22. The maximum atomic E-state index is 12.2. The molecule has 1 aliphatic rings. The predicted molar refractivity (Wildman–Crippen MR) is 122 cm³/mol. The van der Waals surface area contributed by atoms with Crippen LogP contribution in [0.15, 0.2) is 48.5 Å². The molecule has 0 fully saturated rings. The summed E-state index contributed by atoms with van der Waals surface area (Å²) in [4.78, 5) is 48.9. The van der Waals surface area contributed by atoms with Crippen molar-refractivity contribution in [1.29, 1.82) is 0 Å². The molecule has 4 N–H and O–H groups in total. The summed E-state index contributed by atoms with van der Waals surface area (Å²) in [6, 6.07) is 13.7. The summed E-state index contributed by atoms with van der Waals surface area (Å²) in [5.41, 5.74) is 1.88. The van der Waals surface area contributed by atoms with Crippen LogP contribution < -0.4 is 21.3 Å². The van der Waals surface area contributed by atoms with Crippen LogP contribution >= 0.6 is 23.5 Å². The second-order valence-corrected chi connectivity index (χ2v) is 8.24. The van der Waals surface area contributed by atoms with Gasteiger partial charge in [-0.2, -0.15) is 0 Å². The van der Waals surface area contributed by atoms with Gasteiger partial charge in [0.2, 0.25) is 23.6 Å². The number of fused-ring (bicyclic) bond motifs is 2. The molecule has 0 aromatic heterocycles. The highest BCUT2D eigenvalue weighted by Gasteiger charge is 2.14. The van der Waals surface area contributed by atoms with Crippen molar-refractivity contribution in [2.45, 2.75) is 0 Å². The van der Waals surface area contributed by atoms with Gasteiger partial charge in [-0.3, -0.25) is 19.2 Å². The van der Waals surface area contributed by atoms with E-state index in [1.165, 1.54) is 0 Å². The molecule has 156 valence electrons. The normalized spacial score (nSPS) is 16.5. The molecule has 2 aromatic carbocycles. The molecule has 4 amide bonds. The molecule has 0 spiro atoms. The molecule has 0 saturated carbocycles. The van der Waals surface area contributed by atoms with Gasteiger partial charge in [0, 0.05) is 0 Å².